The maximum atomic E-state index is 9.25. The van der Waals surface area contributed by atoms with Gasteiger partial charge in [-0.1, -0.05) is 44.2 Å². The molecule has 0 saturated carbocycles. The van der Waals surface area contributed by atoms with Crippen LogP contribution in [-0.2, 0) is 10.3 Å². The highest BCUT2D eigenvalue weighted by Crippen LogP contribution is 2.21. The Morgan fingerprint density at radius 1 is 1.28 bits per heavy atom. The van der Waals surface area contributed by atoms with Gasteiger partial charge in [-0.2, -0.15) is 5.26 Å². The van der Waals surface area contributed by atoms with E-state index in [-0.39, 0.29) is 0 Å². The minimum absolute atomic E-state index is 0.519. The van der Waals surface area contributed by atoms with Crippen molar-refractivity contribution in [2.75, 3.05) is 13.2 Å². The lowest BCUT2D eigenvalue weighted by Gasteiger charge is -2.22. The van der Waals surface area contributed by atoms with Gasteiger partial charge >= 0.3 is 0 Å². The van der Waals surface area contributed by atoms with Gasteiger partial charge in [-0.25, -0.2) is 0 Å². The zero-order valence-electron chi connectivity index (χ0n) is 11.2. The van der Waals surface area contributed by atoms with Crippen molar-refractivity contribution in [1.82, 2.24) is 0 Å². The molecule has 1 aromatic carbocycles. The molecule has 0 aliphatic rings. The topological polar surface area (TPSA) is 59.0 Å². The summed E-state index contributed by atoms with van der Waals surface area (Å²) in [5.74, 6) is 0.637. The molecule has 1 aromatic rings. The third-order valence-corrected chi connectivity index (χ3v) is 2.97. The molecule has 2 N–H and O–H groups in total. The van der Waals surface area contributed by atoms with Gasteiger partial charge < -0.3 is 10.5 Å². The highest BCUT2D eigenvalue weighted by atomic mass is 16.5. The standard InChI is InChI=1S/C15H22N2O/c1-13(2)8-10-18-11-9-15(17,12-16)14-6-4-3-5-7-14/h3-7,13H,8-11,17H2,1-2H3. The molecular formula is C15H22N2O. The number of ether oxygens (including phenoxy) is 1. The van der Waals surface area contributed by atoms with E-state index < -0.39 is 5.54 Å². The van der Waals surface area contributed by atoms with E-state index >= 15 is 0 Å². The first-order chi connectivity index (χ1) is 8.58. The van der Waals surface area contributed by atoms with Crippen molar-refractivity contribution in [2.24, 2.45) is 11.7 Å². The van der Waals surface area contributed by atoms with Crippen LogP contribution in [0.1, 0.15) is 32.3 Å². The summed E-state index contributed by atoms with van der Waals surface area (Å²) in [5, 5.41) is 9.25. The van der Waals surface area contributed by atoms with E-state index in [9.17, 15) is 5.26 Å². The van der Waals surface area contributed by atoms with E-state index in [2.05, 4.69) is 19.9 Å². The van der Waals surface area contributed by atoms with E-state index in [1.165, 1.54) is 0 Å². The lowest BCUT2D eigenvalue weighted by atomic mass is 9.89. The predicted molar refractivity (Wildman–Crippen MR) is 72.8 cm³/mol. The zero-order chi connectivity index (χ0) is 13.4. The lowest BCUT2D eigenvalue weighted by molar-refractivity contribution is 0.111. The van der Waals surface area contributed by atoms with Crippen molar-refractivity contribution < 1.29 is 4.74 Å². The molecule has 0 aliphatic carbocycles. The van der Waals surface area contributed by atoms with Gasteiger partial charge in [0.15, 0.2) is 0 Å². The molecule has 3 nitrogen and oxygen atoms in total. The minimum Gasteiger partial charge on any atom is -0.381 e. The fourth-order valence-corrected chi connectivity index (χ4v) is 1.65. The highest BCUT2D eigenvalue weighted by Gasteiger charge is 2.26. The van der Waals surface area contributed by atoms with Gasteiger partial charge in [0.25, 0.3) is 0 Å². The van der Waals surface area contributed by atoms with Crippen molar-refractivity contribution in [3.63, 3.8) is 0 Å². The van der Waals surface area contributed by atoms with Gasteiger partial charge in [-0.05, 0) is 17.9 Å². The Hall–Kier alpha value is -1.37. The van der Waals surface area contributed by atoms with Gasteiger partial charge in [0.05, 0.1) is 6.07 Å². The summed E-state index contributed by atoms with van der Waals surface area (Å²) in [4.78, 5) is 0. The average molecular weight is 246 g/mol. The first-order valence-corrected chi connectivity index (χ1v) is 6.42. The van der Waals surface area contributed by atoms with Gasteiger partial charge in [0, 0.05) is 19.6 Å². The Labute approximate surface area is 110 Å². The maximum Gasteiger partial charge on any atom is 0.132 e. The Kier molecular flexibility index (Phi) is 5.84. The molecule has 0 amide bonds. The minimum atomic E-state index is -0.945. The second-order valence-electron chi connectivity index (χ2n) is 4.99. The SMILES string of the molecule is CC(C)CCOCCC(N)(C#N)c1ccccc1. The molecule has 0 heterocycles. The molecule has 0 aliphatic heterocycles. The third-order valence-electron chi connectivity index (χ3n) is 2.97. The van der Waals surface area contributed by atoms with Gasteiger partial charge in [-0.15, -0.1) is 0 Å². The number of nitrogens with zero attached hydrogens (tertiary/aromatic N) is 1. The normalized spacial score (nSPS) is 14.2. The third kappa shape index (κ3) is 4.48. The van der Waals surface area contributed by atoms with E-state index in [4.69, 9.17) is 10.5 Å². The zero-order valence-corrected chi connectivity index (χ0v) is 11.2. The van der Waals surface area contributed by atoms with E-state index in [1.54, 1.807) is 0 Å². The number of hydrogen-bond donors (Lipinski definition) is 1. The molecule has 1 rings (SSSR count). The van der Waals surface area contributed by atoms with Crippen LogP contribution < -0.4 is 5.73 Å². The Morgan fingerprint density at radius 3 is 2.50 bits per heavy atom. The van der Waals surface area contributed by atoms with Gasteiger partial charge in [0.2, 0.25) is 0 Å². The fraction of sp³-hybridized carbons (Fsp3) is 0.533. The van der Waals surface area contributed by atoms with Crippen LogP contribution in [0.2, 0.25) is 0 Å². The monoisotopic (exact) mass is 246 g/mol. The molecule has 0 fully saturated rings. The van der Waals surface area contributed by atoms with Crippen LogP contribution in [-0.4, -0.2) is 13.2 Å². The smallest absolute Gasteiger partial charge is 0.132 e. The van der Waals surface area contributed by atoms with Crippen molar-refractivity contribution in [3.8, 4) is 6.07 Å². The first kappa shape index (κ1) is 14.7. The van der Waals surface area contributed by atoms with Crippen LogP contribution in [0, 0.1) is 17.2 Å². The molecule has 0 bridgehead atoms. The van der Waals surface area contributed by atoms with E-state index in [0.29, 0.717) is 18.9 Å². The van der Waals surface area contributed by atoms with Gasteiger partial charge in [0.1, 0.15) is 5.54 Å². The second-order valence-corrected chi connectivity index (χ2v) is 4.99. The van der Waals surface area contributed by atoms with Crippen LogP contribution in [0.3, 0.4) is 0 Å². The summed E-state index contributed by atoms with van der Waals surface area (Å²) in [5.41, 5.74) is 6.02. The van der Waals surface area contributed by atoms with Crippen LogP contribution in [0.5, 0.6) is 0 Å². The van der Waals surface area contributed by atoms with Crippen molar-refractivity contribution in [1.29, 1.82) is 5.26 Å². The second kappa shape index (κ2) is 7.15. The molecule has 1 atom stereocenters. The van der Waals surface area contributed by atoms with Crippen LogP contribution in [0.25, 0.3) is 0 Å². The molecule has 0 radical (unpaired) electrons. The average Bonchev–Trinajstić information content (AvgIpc) is 2.38. The predicted octanol–water partition coefficient (Wildman–Crippen LogP) is 2.82. The molecule has 1 unspecified atom stereocenters. The Balaban J connectivity index is 2.45. The highest BCUT2D eigenvalue weighted by molar-refractivity contribution is 5.30. The summed E-state index contributed by atoms with van der Waals surface area (Å²) < 4.78 is 5.53. The quantitative estimate of drug-likeness (QED) is 0.753. The molecule has 3 heteroatoms. The summed E-state index contributed by atoms with van der Waals surface area (Å²) in [7, 11) is 0. The fourth-order valence-electron chi connectivity index (χ4n) is 1.65. The largest absolute Gasteiger partial charge is 0.381 e. The maximum absolute atomic E-state index is 9.25. The number of benzene rings is 1. The number of nitrogens with two attached hydrogens (primary N) is 1. The molecule has 0 saturated heterocycles. The summed E-state index contributed by atoms with van der Waals surface area (Å²) in [6, 6.07) is 11.7. The van der Waals surface area contributed by atoms with Crippen molar-refractivity contribution >= 4 is 0 Å². The molecular weight excluding hydrogens is 224 g/mol. The Morgan fingerprint density at radius 2 is 1.94 bits per heavy atom. The number of nitriles is 1. The summed E-state index contributed by atoms with van der Waals surface area (Å²) in [6.07, 6.45) is 1.56. The van der Waals surface area contributed by atoms with Crippen LogP contribution >= 0.6 is 0 Å². The summed E-state index contributed by atoms with van der Waals surface area (Å²) >= 11 is 0. The van der Waals surface area contributed by atoms with Crippen LogP contribution in [0.4, 0.5) is 0 Å². The first-order valence-electron chi connectivity index (χ1n) is 6.42. The Bertz CT molecular complexity index is 383. The molecule has 98 valence electrons. The van der Waals surface area contributed by atoms with E-state index in [0.717, 1.165) is 18.6 Å². The molecule has 0 spiro atoms. The van der Waals surface area contributed by atoms with Crippen molar-refractivity contribution in [3.05, 3.63) is 35.9 Å². The van der Waals surface area contributed by atoms with Crippen molar-refractivity contribution in [2.45, 2.75) is 32.2 Å². The van der Waals surface area contributed by atoms with E-state index in [1.807, 2.05) is 30.3 Å². The number of rotatable bonds is 7. The van der Waals surface area contributed by atoms with Crippen LogP contribution in [0.15, 0.2) is 30.3 Å². The molecule has 18 heavy (non-hydrogen) atoms. The lowest BCUT2D eigenvalue weighted by Crippen LogP contribution is -2.36. The number of hydrogen-bond acceptors (Lipinski definition) is 3. The van der Waals surface area contributed by atoms with Gasteiger partial charge in [-0.3, -0.25) is 0 Å². The molecule has 0 aromatic heterocycles. The summed E-state index contributed by atoms with van der Waals surface area (Å²) in [6.45, 7) is 5.57.